The topological polar surface area (TPSA) is 58.6 Å². The fraction of sp³-hybridized carbons (Fsp3) is 0.211. The van der Waals surface area contributed by atoms with Crippen LogP contribution in [0, 0.1) is 0 Å². The number of carbonyl (C=O) groups is 1. The Labute approximate surface area is 136 Å². The van der Waals surface area contributed by atoms with Crippen LogP contribution in [0.25, 0.3) is 6.08 Å². The predicted molar refractivity (Wildman–Crippen MR) is 92.5 cm³/mol. The summed E-state index contributed by atoms with van der Waals surface area (Å²) in [5.74, 6) is 0.630. The molecule has 0 spiro atoms. The van der Waals surface area contributed by atoms with Crippen LogP contribution in [0.5, 0.6) is 5.75 Å². The van der Waals surface area contributed by atoms with Gasteiger partial charge in [-0.2, -0.15) is 0 Å². The van der Waals surface area contributed by atoms with E-state index in [1.165, 1.54) is 6.08 Å². The Balaban J connectivity index is 1.90. The molecule has 0 bridgehead atoms. The van der Waals surface area contributed by atoms with Crippen molar-refractivity contribution in [3.8, 4) is 5.75 Å². The Morgan fingerprint density at radius 2 is 1.83 bits per heavy atom. The van der Waals surface area contributed by atoms with E-state index >= 15 is 0 Å². The average Bonchev–Trinajstić information content (AvgIpc) is 2.57. The largest absolute Gasteiger partial charge is 0.494 e. The number of aliphatic hydroxyl groups is 1. The van der Waals surface area contributed by atoms with E-state index in [0.717, 1.165) is 22.6 Å². The molecule has 0 atom stereocenters. The minimum absolute atomic E-state index is 0.122. The van der Waals surface area contributed by atoms with E-state index in [-0.39, 0.29) is 12.5 Å². The molecule has 0 unspecified atom stereocenters. The molecule has 0 saturated carbocycles. The van der Waals surface area contributed by atoms with Gasteiger partial charge in [-0.25, -0.2) is 0 Å². The lowest BCUT2D eigenvalue weighted by molar-refractivity contribution is -0.111. The van der Waals surface area contributed by atoms with Gasteiger partial charge in [0.1, 0.15) is 5.75 Å². The lowest BCUT2D eigenvalue weighted by Gasteiger charge is -2.04. The number of ether oxygens (including phenoxy) is 1. The Bertz CT molecular complexity index is 645. The lowest BCUT2D eigenvalue weighted by atomic mass is 10.1. The highest BCUT2D eigenvalue weighted by atomic mass is 16.5. The molecule has 2 rings (SSSR count). The highest BCUT2D eigenvalue weighted by Gasteiger charge is 1.99. The summed E-state index contributed by atoms with van der Waals surface area (Å²) < 4.78 is 5.37. The average molecular weight is 311 g/mol. The monoisotopic (exact) mass is 311 g/mol. The second-order valence-electron chi connectivity index (χ2n) is 5.00. The van der Waals surface area contributed by atoms with E-state index in [1.54, 1.807) is 6.08 Å². The molecule has 4 heteroatoms. The number of hydrogen-bond donors (Lipinski definition) is 2. The van der Waals surface area contributed by atoms with Crippen LogP contribution < -0.4 is 10.1 Å². The van der Waals surface area contributed by atoms with Crippen molar-refractivity contribution >= 4 is 17.7 Å². The Morgan fingerprint density at radius 3 is 2.43 bits per heavy atom. The minimum atomic E-state index is -0.186. The maximum Gasteiger partial charge on any atom is 0.248 e. The molecule has 4 nitrogen and oxygen atoms in total. The third kappa shape index (κ3) is 5.60. The van der Waals surface area contributed by atoms with Gasteiger partial charge in [-0.05, 0) is 54.8 Å². The molecule has 2 aromatic carbocycles. The molecule has 0 fully saturated rings. The molecule has 0 aliphatic carbocycles. The second-order valence-corrected chi connectivity index (χ2v) is 5.00. The quantitative estimate of drug-likeness (QED) is 0.772. The maximum atomic E-state index is 11.9. The molecule has 120 valence electrons. The summed E-state index contributed by atoms with van der Waals surface area (Å²) in [4.78, 5) is 11.9. The molecular formula is C19H21NO3. The molecule has 2 aromatic rings. The van der Waals surface area contributed by atoms with Gasteiger partial charge >= 0.3 is 0 Å². The van der Waals surface area contributed by atoms with Crippen molar-refractivity contribution in [2.45, 2.75) is 13.3 Å². The zero-order valence-corrected chi connectivity index (χ0v) is 13.2. The molecule has 0 saturated heterocycles. The number of nitrogens with one attached hydrogen (secondary N) is 1. The second kappa shape index (κ2) is 8.76. The summed E-state index contributed by atoms with van der Waals surface area (Å²) in [6.07, 6.45) is 3.87. The van der Waals surface area contributed by atoms with Crippen molar-refractivity contribution in [2.24, 2.45) is 0 Å². The number of anilines is 1. The van der Waals surface area contributed by atoms with Crippen LogP contribution in [0.1, 0.15) is 18.1 Å². The zero-order chi connectivity index (χ0) is 16.5. The van der Waals surface area contributed by atoms with E-state index in [1.807, 2.05) is 55.5 Å². The molecule has 1 amide bonds. The van der Waals surface area contributed by atoms with Crippen LogP contribution in [0.4, 0.5) is 5.69 Å². The van der Waals surface area contributed by atoms with E-state index in [4.69, 9.17) is 9.84 Å². The highest BCUT2D eigenvalue weighted by molar-refractivity contribution is 6.01. The predicted octanol–water partition coefficient (Wildman–Crippen LogP) is 3.27. The SMILES string of the molecule is CCOc1ccc(C=CC(=O)Nc2ccc(CCO)cc2)cc1. The first-order valence-corrected chi connectivity index (χ1v) is 7.63. The van der Waals surface area contributed by atoms with Crippen molar-refractivity contribution in [2.75, 3.05) is 18.5 Å². The Hall–Kier alpha value is -2.59. The number of benzene rings is 2. The van der Waals surface area contributed by atoms with Crippen LogP contribution in [-0.4, -0.2) is 24.2 Å². The maximum absolute atomic E-state index is 11.9. The van der Waals surface area contributed by atoms with Crippen molar-refractivity contribution in [1.29, 1.82) is 0 Å². The Kier molecular flexibility index (Phi) is 6.39. The minimum Gasteiger partial charge on any atom is -0.494 e. The van der Waals surface area contributed by atoms with Gasteiger partial charge in [0, 0.05) is 18.4 Å². The summed E-state index contributed by atoms with van der Waals surface area (Å²) in [7, 11) is 0. The molecule has 0 radical (unpaired) electrons. The van der Waals surface area contributed by atoms with Gasteiger partial charge in [-0.3, -0.25) is 4.79 Å². The molecule has 0 aliphatic rings. The first-order valence-electron chi connectivity index (χ1n) is 7.63. The number of aliphatic hydroxyl groups excluding tert-OH is 1. The number of hydrogen-bond acceptors (Lipinski definition) is 3. The summed E-state index contributed by atoms with van der Waals surface area (Å²) >= 11 is 0. The highest BCUT2D eigenvalue weighted by Crippen LogP contribution is 2.13. The zero-order valence-electron chi connectivity index (χ0n) is 13.2. The normalized spacial score (nSPS) is 10.7. The fourth-order valence-electron chi connectivity index (χ4n) is 2.08. The summed E-state index contributed by atoms with van der Waals surface area (Å²) in [6.45, 7) is 2.69. The van der Waals surface area contributed by atoms with E-state index in [2.05, 4.69) is 5.32 Å². The van der Waals surface area contributed by atoms with E-state index < -0.39 is 0 Å². The molecule has 0 aromatic heterocycles. The molecular weight excluding hydrogens is 290 g/mol. The molecule has 2 N–H and O–H groups in total. The van der Waals surface area contributed by atoms with Crippen molar-refractivity contribution in [3.05, 3.63) is 65.7 Å². The summed E-state index contributed by atoms with van der Waals surface area (Å²) in [5, 5.41) is 11.7. The van der Waals surface area contributed by atoms with Gasteiger partial charge in [-0.1, -0.05) is 24.3 Å². The molecule has 0 heterocycles. The number of carbonyl (C=O) groups excluding carboxylic acids is 1. The third-order valence-electron chi connectivity index (χ3n) is 3.24. The third-order valence-corrected chi connectivity index (χ3v) is 3.24. The molecule has 23 heavy (non-hydrogen) atoms. The van der Waals surface area contributed by atoms with Crippen LogP contribution in [0.3, 0.4) is 0 Å². The smallest absolute Gasteiger partial charge is 0.248 e. The van der Waals surface area contributed by atoms with Gasteiger partial charge in [-0.15, -0.1) is 0 Å². The summed E-state index contributed by atoms with van der Waals surface area (Å²) in [5.41, 5.74) is 2.70. The van der Waals surface area contributed by atoms with E-state index in [0.29, 0.717) is 13.0 Å². The van der Waals surface area contributed by atoms with Crippen molar-refractivity contribution in [3.63, 3.8) is 0 Å². The van der Waals surface area contributed by atoms with Crippen molar-refractivity contribution in [1.82, 2.24) is 0 Å². The van der Waals surface area contributed by atoms with Crippen LogP contribution in [0.15, 0.2) is 54.6 Å². The standard InChI is InChI=1S/C19H21NO3/c1-2-23-18-10-5-15(6-11-18)7-12-19(22)20-17-8-3-16(4-9-17)13-14-21/h3-12,21H,2,13-14H2,1H3,(H,20,22). The number of rotatable bonds is 7. The van der Waals surface area contributed by atoms with Crippen LogP contribution in [-0.2, 0) is 11.2 Å². The van der Waals surface area contributed by atoms with Gasteiger partial charge in [0.05, 0.1) is 6.61 Å². The fourth-order valence-corrected chi connectivity index (χ4v) is 2.08. The Morgan fingerprint density at radius 1 is 1.13 bits per heavy atom. The van der Waals surface area contributed by atoms with Gasteiger partial charge in [0.25, 0.3) is 0 Å². The molecule has 0 aliphatic heterocycles. The van der Waals surface area contributed by atoms with Crippen LogP contribution in [0.2, 0.25) is 0 Å². The number of amides is 1. The summed E-state index contributed by atoms with van der Waals surface area (Å²) in [6, 6.07) is 15.0. The van der Waals surface area contributed by atoms with E-state index in [9.17, 15) is 4.79 Å². The van der Waals surface area contributed by atoms with Crippen LogP contribution >= 0.6 is 0 Å². The van der Waals surface area contributed by atoms with Gasteiger partial charge in [0.2, 0.25) is 5.91 Å². The van der Waals surface area contributed by atoms with Crippen molar-refractivity contribution < 1.29 is 14.6 Å². The van der Waals surface area contributed by atoms with Gasteiger partial charge < -0.3 is 15.2 Å². The first kappa shape index (κ1) is 16.8. The lowest BCUT2D eigenvalue weighted by Crippen LogP contribution is -2.07. The first-order chi connectivity index (χ1) is 11.2. The van der Waals surface area contributed by atoms with Gasteiger partial charge in [0.15, 0.2) is 0 Å².